The first kappa shape index (κ1) is 11.2. The molecule has 2 fully saturated rings. The molecular weight excluding hydrogens is 242 g/mol. The van der Waals surface area contributed by atoms with E-state index in [1.54, 1.807) is 0 Å². The minimum Gasteiger partial charge on any atom is -0.481 e. The van der Waals surface area contributed by atoms with E-state index in [9.17, 15) is 13.2 Å². The monoisotopic (exact) mass is 257 g/mol. The van der Waals surface area contributed by atoms with Gasteiger partial charge < -0.3 is 5.11 Å². The lowest BCUT2D eigenvalue weighted by Crippen LogP contribution is -2.49. The highest BCUT2D eigenvalue weighted by molar-refractivity contribution is 7.89. The summed E-state index contributed by atoms with van der Waals surface area (Å²) in [5, 5.41) is 8.96. The maximum atomic E-state index is 11.8. The molecule has 0 bridgehead atoms. The topological polar surface area (TPSA) is 83.5 Å². The number of hydrogen-bond donors (Lipinski definition) is 2. The summed E-state index contributed by atoms with van der Waals surface area (Å²) in [7, 11) is -3.27. The van der Waals surface area contributed by atoms with Gasteiger partial charge >= 0.3 is 5.97 Å². The van der Waals surface area contributed by atoms with Gasteiger partial charge in [-0.3, -0.25) is 4.79 Å². The van der Waals surface area contributed by atoms with Crippen molar-refractivity contribution in [3.05, 3.63) is 11.6 Å². The summed E-state index contributed by atoms with van der Waals surface area (Å²) in [5.74, 6) is -0.680. The van der Waals surface area contributed by atoms with E-state index in [1.165, 1.54) is 0 Å². The zero-order valence-corrected chi connectivity index (χ0v) is 10.2. The van der Waals surface area contributed by atoms with Gasteiger partial charge in [0.1, 0.15) is 0 Å². The molecule has 0 aromatic heterocycles. The molecule has 5 nitrogen and oxygen atoms in total. The van der Waals surface area contributed by atoms with Crippen LogP contribution in [0, 0.1) is 11.3 Å². The summed E-state index contributed by atoms with van der Waals surface area (Å²) < 4.78 is 26.2. The maximum Gasteiger partial charge on any atom is 0.310 e. The average Bonchev–Trinajstić information content (AvgIpc) is 2.76. The molecule has 0 heterocycles. The second-order valence-electron chi connectivity index (χ2n) is 5.36. The molecule has 17 heavy (non-hydrogen) atoms. The quantitative estimate of drug-likeness (QED) is 0.702. The third kappa shape index (κ3) is 1.70. The van der Waals surface area contributed by atoms with Crippen LogP contribution in [0.25, 0.3) is 0 Å². The third-order valence-electron chi connectivity index (χ3n) is 4.23. The Morgan fingerprint density at radius 1 is 1.53 bits per heavy atom. The van der Waals surface area contributed by atoms with Crippen molar-refractivity contribution < 1.29 is 18.3 Å². The highest BCUT2D eigenvalue weighted by Gasteiger charge is 2.72. The van der Waals surface area contributed by atoms with Crippen molar-refractivity contribution in [2.75, 3.05) is 5.75 Å². The molecule has 0 amide bonds. The Morgan fingerprint density at radius 2 is 2.24 bits per heavy atom. The molecule has 0 spiro atoms. The van der Waals surface area contributed by atoms with E-state index >= 15 is 0 Å². The fraction of sp³-hybridized carbons (Fsp3) is 0.727. The Kier molecular flexibility index (Phi) is 2.19. The van der Waals surface area contributed by atoms with E-state index in [-0.39, 0.29) is 17.7 Å². The van der Waals surface area contributed by atoms with Crippen LogP contribution in [0.2, 0.25) is 0 Å². The highest BCUT2D eigenvalue weighted by atomic mass is 32.2. The molecule has 6 heteroatoms. The zero-order valence-electron chi connectivity index (χ0n) is 9.35. The van der Waals surface area contributed by atoms with Crippen LogP contribution in [0.1, 0.15) is 25.7 Å². The number of carboxylic acids is 1. The number of carboxylic acid groups (broad SMARTS) is 1. The Labute approximate surface area is 99.9 Å². The average molecular weight is 257 g/mol. The molecule has 0 aromatic carbocycles. The van der Waals surface area contributed by atoms with Gasteiger partial charge in [-0.2, -0.15) is 0 Å². The smallest absolute Gasteiger partial charge is 0.310 e. The lowest BCUT2D eigenvalue weighted by atomic mass is 9.81. The Hall–Kier alpha value is -0.880. The Morgan fingerprint density at radius 3 is 2.65 bits per heavy atom. The minimum atomic E-state index is -3.27. The first-order chi connectivity index (χ1) is 7.93. The largest absolute Gasteiger partial charge is 0.481 e. The number of sulfonamides is 1. The van der Waals surface area contributed by atoms with Crippen molar-refractivity contribution in [1.29, 1.82) is 0 Å². The normalized spacial score (nSPS) is 38.5. The number of allylic oxidation sites excluding steroid dienone is 1. The molecule has 3 rings (SSSR count). The molecule has 3 atom stereocenters. The molecule has 0 saturated heterocycles. The molecule has 0 aliphatic heterocycles. The van der Waals surface area contributed by atoms with Crippen LogP contribution in [0.5, 0.6) is 0 Å². The summed E-state index contributed by atoms with van der Waals surface area (Å²) in [6.07, 6.45) is 4.86. The molecule has 3 aliphatic rings. The van der Waals surface area contributed by atoms with Crippen molar-refractivity contribution >= 4 is 16.0 Å². The number of carbonyl (C=O) groups is 1. The van der Waals surface area contributed by atoms with Gasteiger partial charge in [0.15, 0.2) is 0 Å². The van der Waals surface area contributed by atoms with Crippen molar-refractivity contribution in [3.63, 3.8) is 0 Å². The van der Waals surface area contributed by atoms with Crippen molar-refractivity contribution in [3.8, 4) is 0 Å². The molecule has 0 aromatic rings. The fourth-order valence-corrected chi connectivity index (χ4v) is 4.47. The third-order valence-corrected chi connectivity index (χ3v) is 5.65. The second kappa shape index (κ2) is 3.32. The van der Waals surface area contributed by atoms with Crippen LogP contribution in [-0.2, 0) is 14.8 Å². The predicted octanol–water partition coefficient (Wildman–Crippen LogP) is 0.489. The summed E-state index contributed by atoms with van der Waals surface area (Å²) >= 11 is 0. The molecule has 94 valence electrons. The van der Waals surface area contributed by atoms with Crippen LogP contribution in [0.3, 0.4) is 0 Å². The van der Waals surface area contributed by atoms with E-state index in [2.05, 4.69) is 4.72 Å². The number of fused-ring (bicyclic) bond motifs is 1. The molecule has 0 unspecified atom stereocenters. The number of rotatable bonds is 5. The lowest BCUT2D eigenvalue weighted by Gasteiger charge is -2.32. The van der Waals surface area contributed by atoms with Gasteiger partial charge in [0.05, 0.1) is 11.2 Å². The van der Waals surface area contributed by atoms with Gasteiger partial charge in [-0.15, -0.1) is 0 Å². The van der Waals surface area contributed by atoms with Gasteiger partial charge in [-0.05, 0) is 31.6 Å². The van der Waals surface area contributed by atoms with Crippen LogP contribution < -0.4 is 4.72 Å². The molecule has 2 N–H and O–H groups in total. The number of aliphatic carboxylic acids is 1. The SMILES string of the molecule is O=C(O)[C@@]12C[C@H](NS(=O)(=O)CC3=CCC3)[C@@H]1C2. The van der Waals surface area contributed by atoms with Crippen LogP contribution in [0.4, 0.5) is 0 Å². The van der Waals surface area contributed by atoms with Crippen molar-refractivity contribution in [2.24, 2.45) is 11.3 Å². The standard InChI is InChI=1S/C11H15NO4S/c13-10(14)11-4-8(11)9(5-11)12-17(15,16)6-7-2-1-3-7/h2,8-9,12H,1,3-6H2,(H,13,14)/t8-,9-,11-/m0/s1. The van der Waals surface area contributed by atoms with Gasteiger partial charge in [0.2, 0.25) is 10.0 Å². The second-order valence-corrected chi connectivity index (χ2v) is 7.11. The Bertz CT molecular complexity index is 510. The van der Waals surface area contributed by atoms with Crippen LogP contribution in [-0.4, -0.2) is 31.3 Å². The number of nitrogens with one attached hydrogen (secondary N) is 1. The van der Waals surface area contributed by atoms with Crippen molar-refractivity contribution in [2.45, 2.75) is 31.7 Å². The summed E-state index contributed by atoms with van der Waals surface area (Å²) in [5.41, 5.74) is 0.375. The van der Waals surface area contributed by atoms with Gasteiger partial charge in [0, 0.05) is 6.04 Å². The first-order valence-corrected chi connectivity index (χ1v) is 7.49. The van der Waals surface area contributed by atoms with E-state index < -0.39 is 21.4 Å². The molecule has 3 aliphatic carbocycles. The molecule has 0 radical (unpaired) electrons. The summed E-state index contributed by atoms with van der Waals surface area (Å²) in [6, 6.07) is -0.156. The van der Waals surface area contributed by atoms with Crippen LogP contribution >= 0.6 is 0 Å². The maximum absolute atomic E-state index is 11.8. The first-order valence-electron chi connectivity index (χ1n) is 5.84. The van der Waals surface area contributed by atoms with E-state index in [4.69, 9.17) is 5.11 Å². The summed E-state index contributed by atoms with van der Waals surface area (Å²) in [6.45, 7) is 0. The van der Waals surface area contributed by atoms with E-state index in [0.717, 1.165) is 18.4 Å². The number of hydrogen-bond acceptors (Lipinski definition) is 3. The zero-order chi connectivity index (χ0) is 12.3. The van der Waals surface area contributed by atoms with E-state index in [0.29, 0.717) is 12.8 Å². The predicted molar refractivity (Wildman–Crippen MR) is 60.8 cm³/mol. The van der Waals surface area contributed by atoms with Crippen molar-refractivity contribution in [1.82, 2.24) is 4.72 Å². The summed E-state index contributed by atoms with van der Waals surface area (Å²) in [4.78, 5) is 10.9. The highest BCUT2D eigenvalue weighted by Crippen LogP contribution is 2.67. The van der Waals surface area contributed by atoms with E-state index in [1.807, 2.05) is 6.08 Å². The van der Waals surface area contributed by atoms with Gasteiger partial charge in [0.25, 0.3) is 0 Å². The van der Waals surface area contributed by atoms with Gasteiger partial charge in [-0.1, -0.05) is 11.6 Å². The van der Waals surface area contributed by atoms with Crippen LogP contribution in [0.15, 0.2) is 11.6 Å². The van der Waals surface area contributed by atoms with Gasteiger partial charge in [-0.25, -0.2) is 13.1 Å². The lowest BCUT2D eigenvalue weighted by molar-refractivity contribution is -0.147. The molecular formula is C11H15NO4S. The Balaban J connectivity index is 1.57. The fourth-order valence-electron chi connectivity index (χ4n) is 2.92. The minimum absolute atomic E-state index is 0.0187. The molecule has 2 saturated carbocycles.